The number of piperidine rings is 1. The number of ether oxygens (including phenoxy) is 1. The molecule has 0 spiro atoms. The largest absolute Gasteiger partial charge is 0.508 e. The quantitative estimate of drug-likeness (QED) is 0.777. The second-order valence-electron chi connectivity index (χ2n) is 8.30. The highest BCUT2D eigenvalue weighted by atomic mass is 19.1. The van der Waals surface area contributed by atoms with Gasteiger partial charge >= 0.3 is 6.03 Å². The molecule has 3 aliphatic rings. The molecule has 2 N–H and O–H groups in total. The molecule has 0 saturated carbocycles. The summed E-state index contributed by atoms with van der Waals surface area (Å²) in [6, 6.07) is 10.7. The maximum atomic E-state index is 14.0. The first-order valence-corrected chi connectivity index (χ1v) is 10.6. The van der Waals surface area contributed by atoms with Gasteiger partial charge in [0.2, 0.25) is 0 Å². The standard InChI is InChI=1S/C23H25FN4O3/c1-27(16-7-9-25-10-8-16)23(30)28-22(14-3-2-4-17(29)11-14)19-13-31-20-6-5-15(24)12-18(20)21(19)26-28/h2-6,11-12,16,19,22,25,29H,7-10,13H2,1H3/t19-,22-/m1/s1. The Hall–Kier alpha value is -3.13. The molecule has 0 radical (unpaired) electrons. The zero-order valence-electron chi connectivity index (χ0n) is 17.3. The summed E-state index contributed by atoms with van der Waals surface area (Å²) >= 11 is 0. The second kappa shape index (κ2) is 7.85. The fourth-order valence-electron chi connectivity index (χ4n) is 4.76. The lowest BCUT2D eigenvalue weighted by Gasteiger charge is -2.36. The smallest absolute Gasteiger partial charge is 0.341 e. The summed E-state index contributed by atoms with van der Waals surface area (Å²) < 4.78 is 19.9. The molecule has 1 saturated heterocycles. The van der Waals surface area contributed by atoms with Gasteiger partial charge in [0.25, 0.3) is 0 Å². The number of aromatic hydroxyl groups is 1. The van der Waals surface area contributed by atoms with Crippen molar-refractivity contribution in [2.45, 2.75) is 24.9 Å². The Balaban J connectivity index is 1.55. The highest BCUT2D eigenvalue weighted by molar-refractivity contribution is 6.07. The summed E-state index contributed by atoms with van der Waals surface area (Å²) in [7, 11) is 1.81. The Morgan fingerprint density at radius 3 is 2.84 bits per heavy atom. The van der Waals surface area contributed by atoms with Gasteiger partial charge in [0, 0.05) is 18.7 Å². The molecule has 3 heterocycles. The van der Waals surface area contributed by atoms with Crippen molar-refractivity contribution in [2.75, 3.05) is 26.7 Å². The number of urea groups is 1. The van der Waals surface area contributed by atoms with Gasteiger partial charge in [-0.25, -0.2) is 14.2 Å². The van der Waals surface area contributed by atoms with Gasteiger partial charge in [-0.1, -0.05) is 12.1 Å². The maximum Gasteiger partial charge on any atom is 0.341 e. The summed E-state index contributed by atoms with van der Waals surface area (Å²) in [6.07, 6.45) is 1.76. The van der Waals surface area contributed by atoms with E-state index >= 15 is 0 Å². The zero-order chi connectivity index (χ0) is 21.5. The number of carbonyl (C=O) groups is 1. The number of hydrogen-bond donors (Lipinski definition) is 2. The van der Waals surface area contributed by atoms with Crippen LogP contribution < -0.4 is 10.1 Å². The minimum atomic E-state index is -0.449. The fourth-order valence-corrected chi connectivity index (χ4v) is 4.76. The topological polar surface area (TPSA) is 77.4 Å². The van der Waals surface area contributed by atoms with Crippen molar-refractivity contribution in [3.63, 3.8) is 0 Å². The number of hydrazone groups is 1. The number of benzene rings is 2. The molecule has 2 aromatic carbocycles. The molecule has 8 heteroatoms. The van der Waals surface area contributed by atoms with E-state index in [4.69, 9.17) is 9.84 Å². The number of carbonyl (C=O) groups excluding carboxylic acids is 1. The van der Waals surface area contributed by atoms with Gasteiger partial charge in [-0.2, -0.15) is 5.10 Å². The summed E-state index contributed by atoms with van der Waals surface area (Å²) in [5.41, 5.74) is 1.97. The van der Waals surface area contributed by atoms with E-state index in [1.165, 1.54) is 17.1 Å². The van der Waals surface area contributed by atoms with Crippen LogP contribution in [0.4, 0.5) is 9.18 Å². The van der Waals surface area contributed by atoms with Crippen LogP contribution in [0.15, 0.2) is 47.6 Å². The van der Waals surface area contributed by atoms with E-state index in [0.717, 1.165) is 31.5 Å². The summed E-state index contributed by atoms with van der Waals surface area (Å²) in [4.78, 5) is 15.3. The normalized spacial score (nSPS) is 22.9. The molecule has 2 atom stereocenters. The average Bonchev–Trinajstić information content (AvgIpc) is 3.19. The zero-order valence-corrected chi connectivity index (χ0v) is 17.3. The van der Waals surface area contributed by atoms with Crippen LogP contribution in [-0.4, -0.2) is 59.5 Å². The lowest BCUT2D eigenvalue weighted by Crippen LogP contribution is -2.48. The highest BCUT2D eigenvalue weighted by Gasteiger charge is 2.46. The Labute approximate surface area is 180 Å². The maximum absolute atomic E-state index is 14.0. The molecule has 2 aromatic rings. The number of phenolic OH excluding ortho intramolecular Hbond substituents is 1. The Morgan fingerprint density at radius 2 is 2.06 bits per heavy atom. The van der Waals surface area contributed by atoms with Crippen molar-refractivity contribution < 1.29 is 19.0 Å². The van der Waals surface area contributed by atoms with E-state index < -0.39 is 6.04 Å². The summed E-state index contributed by atoms with van der Waals surface area (Å²) in [5.74, 6) is 0.0398. The molecule has 162 valence electrons. The van der Waals surface area contributed by atoms with Crippen molar-refractivity contribution >= 4 is 11.7 Å². The third kappa shape index (κ3) is 3.50. The second-order valence-corrected chi connectivity index (χ2v) is 8.30. The number of phenols is 1. The van der Waals surface area contributed by atoms with E-state index in [1.54, 1.807) is 29.2 Å². The van der Waals surface area contributed by atoms with Crippen LogP contribution >= 0.6 is 0 Å². The number of fused-ring (bicyclic) bond motifs is 3. The molecule has 5 rings (SSSR count). The van der Waals surface area contributed by atoms with Crippen molar-refractivity contribution in [1.29, 1.82) is 0 Å². The first-order chi connectivity index (χ1) is 15.0. The molecular weight excluding hydrogens is 399 g/mol. The monoisotopic (exact) mass is 424 g/mol. The van der Waals surface area contributed by atoms with Crippen molar-refractivity contribution in [2.24, 2.45) is 11.0 Å². The highest BCUT2D eigenvalue weighted by Crippen LogP contribution is 2.43. The molecule has 31 heavy (non-hydrogen) atoms. The lowest BCUT2D eigenvalue weighted by molar-refractivity contribution is 0.114. The number of hydrogen-bond acceptors (Lipinski definition) is 5. The molecule has 0 aromatic heterocycles. The Kier molecular flexibility index (Phi) is 5.02. The first-order valence-electron chi connectivity index (χ1n) is 10.6. The van der Waals surface area contributed by atoms with Crippen LogP contribution in [0.1, 0.15) is 30.0 Å². The molecule has 0 unspecified atom stereocenters. The molecule has 2 amide bonds. The van der Waals surface area contributed by atoms with Gasteiger partial charge in [-0.05, 0) is 61.8 Å². The summed E-state index contributed by atoms with van der Waals surface area (Å²) in [6.45, 7) is 2.06. The SMILES string of the molecule is CN(C(=O)N1N=C2c3cc(F)ccc3OC[C@H]2[C@H]1c1cccc(O)c1)C1CCNCC1. The van der Waals surface area contributed by atoms with Gasteiger partial charge in [0.15, 0.2) is 0 Å². The molecule has 1 fully saturated rings. The van der Waals surface area contributed by atoms with E-state index in [-0.39, 0.29) is 29.6 Å². The predicted molar refractivity (Wildman–Crippen MR) is 114 cm³/mol. The predicted octanol–water partition coefficient (Wildman–Crippen LogP) is 3.10. The van der Waals surface area contributed by atoms with Gasteiger partial charge in [0.05, 0.1) is 24.3 Å². The lowest BCUT2D eigenvalue weighted by atomic mass is 9.86. The van der Waals surface area contributed by atoms with E-state index in [2.05, 4.69) is 5.32 Å². The van der Waals surface area contributed by atoms with E-state index in [0.29, 0.717) is 23.6 Å². The number of halogens is 1. The number of nitrogens with zero attached hydrogens (tertiary/aromatic N) is 3. The molecule has 3 aliphatic heterocycles. The number of nitrogens with one attached hydrogen (secondary N) is 1. The Morgan fingerprint density at radius 1 is 1.26 bits per heavy atom. The number of amides is 2. The molecule has 0 bridgehead atoms. The van der Waals surface area contributed by atoms with Gasteiger partial charge < -0.3 is 20.1 Å². The van der Waals surface area contributed by atoms with Crippen LogP contribution in [-0.2, 0) is 0 Å². The Bertz CT molecular complexity index is 1040. The first kappa shape index (κ1) is 19.8. The summed E-state index contributed by atoms with van der Waals surface area (Å²) in [5, 5.41) is 19.6. The molecule has 7 nitrogen and oxygen atoms in total. The van der Waals surface area contributed by atoms with Crippen LogP contribution in [0.2, 0.25) is 0 Å². The third-order valence-electron chi connectivity index (χ3n) is 6.41. The third-order valence-corrected chi connectivity index (χ3v) is 6.41. The van der Waals surface area contributed by atoms with E-state index in [1.807, 2.05) is 13.1 Å². The minimum Gasteiger partial charge on any atom is -0.508 e. The van der Waals surface area contributed by atoms with Crippen LogP contribution in [0.25, 0.3) is 0 Å². The van der Waals surface area contributed by atoms with Crippen molar-refractivity contribution in [3.8, 4) is 11.5 Å². The molecular formula is C23H25FN4O3. The van der Waals surface area contributed by atoms with Crippen molar-refractivity contribution in [3.05, 3.63) is 59.4 Å². The van der Waals surface area contributed by atoms with Gasteiger partial charge in [-0.15, -0.1) is 0 Å². The fraction of sp³-hybridized carbons (Fsp3) is 0.391. The van der Waals surface area contributed by atoms with Gasteiger partial charge in [-0.3, -0.25) is 0 Å². The van der Waals surface area contributed by atoms with E-state index in [9.17, 15) is 14.3 Å². The minimum absolute atomic E-state index is 0.119. The van der Waals surface area contributed by atoms with Crippen molar-refractivity contribution in [1.82, 2.24) is 15.2 Å². The average molecular weight is 424 g/mol. The van der Waals surface area contributed by atoms with Gasteiger partial charge in [0.1, 0.15) is 17.3 Å². The van der Waals surface area contributed by atoms with Crippen LogP contribution in [0, 0.1) is 11.7 Å². The number of rotatable bonds is 2. The molecule has 0 aliphatic carbocycles. The van der Waals surface area contributed by atoms with Crippen LogP contribution in [0.5, 0.6) is 11.5 Å². The van der Waals surface area contributed by atoms with Crippen LogP contribution in [0.3, 0.4) is 0 Å².